The van der Waals surface area contributed by atoms with Gasteiger partial charge in [-0.1, -0.05) is 32.4 Å². The number of aromatic nitrogens is 3. The molecule has 3 atom stereocenters. The second kappa shape index (κ2) is 10.9. The van der Waals surface area contributed by atoms with Gasteiger partial charge in [0.25, 0.3) is 10.0 Å². The molecule has 13 heteroatoms. The topological polar surface area (TPSA) is 138 Å². The quantitative estimate of drug-likeness (QED) is 0.490. The average Bonchev–Trinajstić information content (AvgIpc) is 3.26. The van der Waals surface area contributed by atoms with Gasteiger partial charge < -0.3 is 15.3 Å². The monoisotopic (exact) mass is 578 g/mol. The number of likely N-dealkylation sites (tertiary alicyclic amines) is 1. The normalized spacial score (nSPS) is 23.6. The second-order valence-corrected chi connectivity index (χ2v) is 15.3. The van der Waals surface area contributed by atoms with Gasteiger partial charge in [-0.25, -0.2) is 13.1 Å². The highest BCUT2D eigenvalue weighted by atomic mass is 32.2. The van der Waals surface area contributed by atoms with Crippen LogP contribution in [-0.2, 0) is 26.2 Å². The number of carbonyl (C=O) groups excluding carboxylic acids is 2. The average molecular weight is 579 g/mol. The van der Waals surface area contributed by atoms with E-state index in [-0.39, 0.29) is 35.5 Å². The zero-order valence-corrected chi connectivity index (χ0v) is 24.4. The fourth-order valence-corrected chi connectivity index (χ4v) is 8.41. The maximum absolute atomic E-state index is 13.9. The summed E-state index contributed by atoms with van der Waals surface area (Å²) >= 11 is 1.15. The van der Waals surface area contributed by atoms with Crippen molar-refractivity contribution in [2.24, 2.45) is 5.41 Å². The van der Waals surface area contributed by atoms with E-state index in [1.165, 1.54) is 9.21 Å². The number of thiophene rings is 1. The molecule has 2 N–H and O–H groups in total. The lowest BCUT2D eigenvalue weighted by molar-refractivity contribution is -0.144. The Kier molecular flexibility index (Phi) is 7.88. The number of aliphatic hydroxyl groups is 1. The first kappa shape index (κ1) is 28.2. The molecule has 214 valence electrons. The van der Waals surface area contributed by atoms with Gasteiger partial charge in [0.2, 0.25) is 11.8 Å². The predicted octanol–water partition coefficient (Wildman–Crippen LogP) is 2.26. The largest absolute Gasteiger partial charge is 0.391 e. The number of nitrogens with one attached hydrogen (secondary N) is 1. The minimum Gasteiger partial charge on any atom is -0.391 e. The standard InChI is InChI=1S/C26H38N6O5S2/c1-26(2,3)23(32-16-20(28-29-32)17-7-8-17)25(35)31-15-18(33)13-21(31)24(34)27-14-19-9-10-22(38-19)39(36,37)30-11-5-4-6-12-30/h9-10,16-18,21,23,33H,4-8,11-15H2,1-3H3,(H,27,34)/t18?,21?,23-/m1/s1. The zero-order chi connectivity index (χ0) is 27.9. The molecule has 0 aromatic carbocycles. The first-order valence-corrected chi connectivity index (χ1v) is 16.0. The summed E-state index contributed by atoms with van der Waals surface area (Å²) in [6, 6.07) is 1.79. The van der Waals surface area contributed by atoms with Crippen molar-refractivity contribution >= 4 is 33.2 Å². The fourth-order valence-electron chi connectivity index (χ4n) is 5.44. The molecule has 2 amide bonds. The molecule has 0 spiro atoms. The smallest absolute Gasteiger partial charge is 0.252 e. The van der Waals surface area contributed by atoms with Crippen molar-refractivity contribution in [1.29, 1.82) is 0 Å². The van der Waals surface area contributed by atoms with Crippen molar-refractivity contribution in [2.75, 3.05) is 19.6 Å². The molecule has 0 radical (unpaired) electrons. The summed E-state index contributed by atoms with van der Waals surface area (Å²) in [7, 11) is -3.53. The van der Waals surface area contributed by atoms with Crippen molar-refractivity contribution in [3.63, 3.8) is 0 Å². The molecule has 2 unspecified atom stereocenters. The van der Waals surface area contributed by atoms with E-state index in [9.17, 15) is 23.1 Å². The van der Waals surface area contributed by atoms with E-state index in [2.05, 4.69) is 15.6 Å². The predicted molar refractivity (Wildman–Crippen MR) is 145 cm³/mol. The van der Waals surface area contributed by atoms with E-state index >= 15 is 0 Å². The van der Waals surface area contributed by atoms with Crippen LogP contribution in [0.3, 0.4) is 0 Å². The lowest BCUT2D eigenvalue weighted by atomic mass is 9.85. The lowest BCUT2D eigenvalue weighted by Crippen LogP contribution is -2.50. The second-order valence-electron chi connectivity index (χ2n) is 12.0. The SMILES string of the molecule is CC(C)(C)[C@@H](C(=O)N1CC(O)CC1C(=O)NCc1ccc(S(=O)(=O)N2CCCCC2)s1)n1cc(C2CC2)nn1. The number of aliphatic hydroxyl groups excluding tert-OH is 1. The van der Waals surface area contributed by atoms with Gasteiger partial charge in [0, 0.05) is 43.0 Å². The Morgan fingerprint density at radius 2 is 1.90 bits per heavy atom. The van der Waals surface area contributed by atoms with Gasteiger partial charge in [-0.15, -0.1) is 16.4 Å². The van der Waals surface area contributed by atoms with Crippen LogP contribution >= 0.6 is 11.3 Å². The van der Waals surface area contributed by atoms with Crippen LogP contribution in [0, 0.1) is 5.41 Å². The molecular formula is C26H38N6O5S2. The van der Waals surface area contributed by atoms with Crippen molar-refractivity contribution < 1.29 is 23.1 Å². The first-order chi connectivity index (χ1) is 18.4. The van der Waals surface area contributed by atoms with E-state index in [0.29, 0.717) is 23.9 Å². The molecule has 1 aliphatic carbocycles. The highest BCUT2D eigenvalue weighted by Crippen LogP contribution is 2.40. The minimum atomic E-state index is -3.53. The summed E-state index contributed by atoms with van der Waals surface area (Å²) in [5.41, 5.74) is 0.373. The minimum absolute atomic E-state index is 0.0604. The van der Waals surface area contributed by atoms with E-state index in [1.807, 2.05) is 27.0 Å². The number of sulfonamides is 1. The molecule has 5 rings (SSSR count). The molecule has 2 aromatic rings. The van der Waals surface area contributed by atoms with Crippen molar-refractivity contribution in [2.45, 2.75) is 94.2 Å². The van der Waals surface area contributed by atoms with Crippen LogP contribution in [0.5, 0.6) is 0 Å². The Balaban J connectivity index is 1.26. The Morgan fingerprint density at radius 1 is 1.18 bits per heavy atom. The first-order valence-electron chi connectivity index (χ1n) is 13.7. The van der Waals surface area contributed by atoms with Gasteiger partial charge in [-0.2, -0.15) is 4.31 Å². The Morgan fingerprint density at radius 3 is 2.56 bits per heavy atom. The van der Waals surface area contributed by atoms with Crippen LogP contribution in [0.1, 0.15) is 81.8 Å². The number of piperidine rings is 1. The van der Waals surface area contributed by atoms with Crippen LogP contribution in [-0.4, -0.2) is 81.3 Å². The van der Waals surface area contributed by atoms with Crippen LogP contribution in [0.25, 0.3) is 0 Å². The van der Waals surface area contributed by atoms with Crippen LogP contribution in [0.15, 0.2) is 22.5 Å². The van der Waals surface area contributed by atoms with Crippen molar-refractivity contribution in [3.8, 4) is 0 Å². The number of hydrogen-bond acceptors (Lipinski definition) is 8. The molecule has 2 aliphatic heterocycles. The maximum Gasteiger partial charge on any atom is 0.252 e. The van der Waals surface area contributed by atoms with Crippen LogP contribution in [0.4, 0.5) is 0 Å². The van der Waals surface area contributed by atoms with E-state index in [1.54, 1.807) is 16.8 Å². The molecule has 3 aliphatic rings. The van der Waals surface area contributed by atoms with Gasteiger partial charge in [0.1, 0.15) is 16.3 Å². The summed E-state index contributed by atoms with van der Waals surface area (Å²) < 4.78 is 29.3. The van der Waals surface area contributed by atoms with Gasteiger partial charge >= 0.3 is 0 Å². The molecule has 0 bridgehead atoms. The molecule has 3 fully saturated rings. The van der Waals surface area contributed by atoms with Gasteiger partial charge in [-0.05, 0) is 43.2 Å². The number of amides is 2. The lowest BCUT2D eigenvalue weighted by Gasteiger charge is -2.34. The fraction of sp³-hybridized carbons (Fsp3) is 0.692. The number of nitrogens with zero attached hydrogens (tertiary/aromatic N) is 5. The van der Waals surface area contributed by atoms with Crippen molar-refractivity contribution in [3.05, 3.63) is 28.9 Å². The molecule has 39 heavy (non-hydrogen) atoms. The third-order valence-corrected chi connectivity index (χ3v) is 11.1. The summed E-state index contributed by atoms with van der Waals surface area (Å²) in [6.45, 7) is 7.11. The highest BCUT2D eigenvalue weighted by molar-refractivity contribution is 7.91. The molecule has 1 saturated carbocycles. The van der Waals surface area contributed by atoms with E-state index in [0.717, 1.165) is 49.1 Å². The summed E-state index contributed by atoms with van der Waals surface area (Å²) in [6.07, 6.45) is 6.07. The number of rotatable bonds is 8. The third-order valence-electron chi connectivity index (χ3n) is 7.69. The Labute approximate surface area is 233 Å². The molecule has 4 heterocycles. The molecule has 2 aromatic heterocycles. The van der Waals surface area contributed by atoms with Gasteiger partial charge in [0.05, 0.1) is 18.3 Å². The van der Waals surface area contributed by atoms with Crippen LogP contribution < -0.4 is 5.32 Å². The maximum atomic E-state index is 13.9. The van der Waals surface area contributed by atoms with E-state index < -0.39 is 33.6 Å². The van der Waals surface area contributed by atoms with Crippen molar-refractivity contribution in [1.82, 2.24) is 29.5 Å². The number of carbonyl (C=O) groups is 2. The molecule has 2 saturated heterocycles. The Bertz CT molecular complexity index is 1310. The van der Waals surface area contributed by atoms with Gasteiger partial charge in [-0.3, -0.25) is 9.59 Å². The molecular weight excluding hydrogens is 540 g/mol. The third kappa shape index (κ3) is 6.06. The van der Waals surface area contributed by atoms with Crippen LogP contribution in [0.2, 0.25) is 0 Å². The highest BCUT2D eigenvalue weighted by Gasteiger charge is 2.45. The number of hydrogen-bond donors (Lipinski definition) is 2. The Hall–Kier alpha value is -2.35. The molecule has 11 nitrogen and oxygen atoms in total. The number of β-amino-alcohol motifs (C(OH)–C–C–N with tert-alkyl or cyclic N) is 1. The summed E-state index contributed by atoms with van der Waals surface area (Å²) in [4.78, 5) is 29.3. The summed E-state index contributed by atoms with van der Waals surface area (Å²) in [5.74, 6) is -0.259. The van der Waals surface area contributed by atoms with E-state index in [4.69, 9.17) is 0 Å². The zero-order valence-electron chi connectivity index (χ0n) is 22.7. The summed E-state index contributed by atoms with van der Waals surface area (Å²) in [5, 5.41) is 21.8. The van der Waals surface area contributed by atoms with Gasteiger partial charge in [0.15, 0.2) is 0 Å².